The van der Waals surface area contributed by atoms with Crippen molar-refractivity contribution in [2.75, 3.05) is 27.3 Å². The number of likely N-dealkylation sites (tertiary alicyclic amines) is 1. The molecule has 5 heteroatoms. The largest absolute Gasteiger partial charge is 0.497 e. The van der Waals surface area contributed by atoms with Crippen molar-refractivity contribution in [3.05, 3.63) is 101 Å². The predicted molar refractivity (Wildman–Crippen MR) is 135 cm³/mol. The summed E-state index contributed by atoms with van der Waals surface area (Å²) in [6, 6.07) is 23.8. The second kappa shape index (κ2) is 9.31. The van der Waals surface area contributed by atoms with Crippen molar-refractivity contribution in [2.24, 2.45) is 5.41 Å². The van der Waals surface area contributed by atoms with Gasteiger partial charge in [0.05, 0.1) is 19.8 Å². The van der Waals surface area contributed by atoms with E-state index in [1.54, 1.807) is 13.2 Å². The number of carbonyl (C=O) groups excluding carboxylic acids is 2. The third-order valence-electron chi connectivity index (χ3n) is 7.89. The molecule has 2 unspecified atom stereocenters. The predicted octanol–water partition coefficient (Wildman–Crippen LogP) is 5.46. The van der Waals surface area contributed by atoms with Gasteiger partial charge in [0.25, 0.3) is 0 Å². The van der Waals surface area contributed by atoms with Gasteiger partial charge in [-0.2, -0.15) is 0 Å². The molecular weight excluding hydrogens is 438 g/mol. The van der Waals surface area contributed by atoms with E-state index in [1.807, 2.05) is 42.5 Å². The third-order valence-corrected chi connectivity index (χ3v) is 7.89. The molecule has 3 aromatic rings. The number of nitrogens with zero attached hydrogens (tertiary/aromatic N) is 1. The SMILES string of the molecule is COC(=O)c1ccc2c(c1)C(C)C1(CC(c3ccc(OC)cc3)C2=O)CN(Cc2ccccc2)C1. The number of rotatable bonds is 5. The van der Waals surface area contributed by atoms with Gasteiger partial charge < -0.3 is 9.47 Å². The maximum Gasteiger partial charge on any atom is 0.337 e. The quantitative estimate of drug-likeness (QED) is 0.465. The minimum absolute atomic E-state index is 0.0605. The lowest BCUT2D eigenvalue weighted by molar-refractivity contribution is -0.0323. The number of benzene rings is 3. The normalized spacial score (nSPS) is 21.1. The summed E-state index contributed by atoms with van der Waals surface area (Å²) in [5.74, 6) is 0.399. The Labute approximate surface area is 206 Å². The van der Waals surface area contributed by atoms with Crippen LogP contribution in [0.2, 0.25) is 0 Å². The Bertz CT molecular complexity index is 1230. The van der Waals surface area contributed by atoms with E-state index in [-0.39, 0.29) is 29.0 Å². The van der Waals surface area contributed by atoms with Crippen LogP contribution in [-0.4, -0.2) is 44.0 Å². The van der Waals surface area contributed by atoms with E-state index in [9.17, 15) is 9.59 Å². The molecule has 180 valence electrons. The first kappa shape index (κ1) is 23.3. The molecule has 2 aliphatic rings. The van der Waals surface area contributed by atoms with Gasteiger partial charge in [-0.25, -0.2) is 4.79 Å². The molecule has 1 fully saturated rings. The van der Waals surface area contributed by atoms with Gasteiger partial charge in [0.15, 0.2) is 5.78 Å². The Morgan fingerprint density at radius 1 is 1.00 bits per heavy atom. The molecular formula is C30H31NO4. The molecule has 1 heterocycles. The molecule has 0 saturated carbocycles. The van der Waals surface area contributed by atoms with Crippen molar-refractivity contribution in [3.8, 4) is 5.75 Å². The molecule has 0 bridgehead atoms. The van der Waals surface area contributed by atoms with Crippen LogP contribution < -0.4 is 4.74 Å². The molecule has 3 aromatic carbocycles. The van der Waals surface area contributed by atoms with Crippen LogP contribution >= 0.6 is 0 Å². The van der Waals surface area contributed by atoms with Crippen molar-refractivity contribution in [1.82, 2.24) is 4.90 Å². The standard InChI is InChI=1S/C30H31NO4/c1-20-26-15-23(29(33)35-3)11-14-25(26)28(32)27(22-9-12-24(34-2)13-10-22)16-30(20)18-31(19-30)17-21-7-5-4-6-8-21/h4-15,20,27H,16-19H2,1-3H3. The van der Waals surface area contributed by atoms with Crippen molar-refractivity contribution < 1.29 is 19.1 Å². The zero-order chi connectivity index (χ0) is 24.6. The van der Waals surface area contributed by atoms with Gasteiger partial charge in [-0.15, -0.1) is 0 Å². The highest BCUT2D eigenvalue weighted by Gasteiger charge is 2.52. The first-order valence-electron chi connectivity index (χ1n) is 12.1. The summed E-state index contributed by atoms with van der Waals surface area (Å²) in [5, 5.41) is 0. The third kappa shape index (κ3) is 4.25. The highest BCUT2D eigenvalue weighted by Crippen LogP contribution is 2.53. The number of methoxy groups -OCH3 is 2. The topological polar surface area (TPSA) is 55.8 Å². The summed E-state index contributed by atoms with van der Waals surface area (Å²) in [5.41, 5.74) is 4.39. The van der Waals surface area contributed by atoms with Crippen LogP contribution in [0.4, 0.5) is 0 Å². The summed E-state index contributed by atoms with van der Waals surface area (Å²) in [6.07, 6.45) is 0.771. The van der Waals surface area contributed by atoms with Crippen LogP contribution in [0.3, 0.4) is 0 Å². The first-order chi connectivity index (χ1) is 16.9. The molecule has 1 aliphatic carbocycles. The Balaban J connectivity index is 1.52. The van der Waals surface area contributed by atoms with E-state index < -0.39 is 0 Å². The van der Waals surface area contributed by atoms with E-state index in [2.05, 4.69) is 36.1 Å². The van der Waals surface area contributed by atoms with E-state index >= 15 is 0 Å². The monoisotopic (exact) mass is 469 g/mol. The minimum atomic E-state index is -0.378. The number of hydrogen-bond donors (Lipinski definition) is 0. The Hall–Kier alpha value is -3.44. The Morgan fingerprint density at radius 3 is 2.37 bits per heavy atom. The second-order valence-electron chi connectivity index (χ2n) is 9.90. The molecule has 0 N–H and O–H groups in total. The molecule has 1 spiro atoms. The smallest absolute Gasteiger partial charge is 0.337 e. The van der Waals surface area contributed by atoms with E-state index in [0.29, 0.717) is 11.1 Å². The number of fused-ring (bicyclic) bond motifs is 1. The van der Waals surface area contributed by atoms with Crippen molar-refractivity contribution in [2.45, 2.75) is 31.7 Å². The van der Waals surface area contributed by atoms with Crippen molar-refractivity contribution in [3.63, 3.8) is 0 Å². The van der Waals surface area contributed by atoms with E-state index in [0.717, 1.165) is 42.9 Å². The number of esters is 1. The zero-order valence-corrected chi connectivity index (χ0v) is 20.5. The zero-order valence-electron chi connectivity index (χ0n) is 20.5. The molecule has 5 nitrogen and oxygen atoms in total. The Kier molecular flexibility index (Phi) is 6.20. The highest BCUT2D eigenvalue weighted by molar-refractivity contribution is 6.04. The minimum Gasteiger partial charge on any atom is -0.497 e. The summed E-state index contributed by atoms with van der Waals surface area (Å²) in [4.78, 5) is 28.7. The molecule has 5 rings (SSSR count). The molecule has 1 aliphatic heterocycles. The average Bonchev–Trinajstić information content (AvgIpc) is 2.97. The molecule has 0 amide bonds. The van der Waals surface area contributed by atoms with Gasteiger partial charge in [0.1, 0.15) is 5.75 Å². The molecule has 0 radical (unpaired) electrons. The average molecular weight is 470 g/mol. The van der Waals surface area contributed by atoms with Gasteiger partial charge >= 0.3 is 5.97 Å². The fraction of sp³-hybridized carbons (Fsp3) is 0.333. The fourth-order valence-corrected chi connectivity index (χ4v) is 5.89. The van der Waals surface area contributed by atoms with E-state index in [1.165, 1.54) is 12.7 Å². The summed E-state index contributed by atoms with van der Waals surface area (Å²) >= 11 is 0. The molecule has 35 heavy (non-hydrogen) atoms. The second-order valence-corrected chi connectivity index (χ2v) is 9.90. The van der Waals surface area contributed by atoms with Gasteiger partial charge in [-0.05, 0) is 53.3 Å². The van der Waals surface area contributed by atoms with Crippen molar-refractivity contribution in [1.29, 1.82) is 0 Å². The summed E-state index contributed by atoms with van der Waals surface area (Å²) in [7, 11) is 3.03. The maximum absolute atomic E-state index is 13.9. The number of ketones is 1. The van der Waals surface area contributed by atoms with Crippen LogP contribution in [0.5, 0.6) is 5.75 Å². The lowest BCUT2D eigenvalue weighted by Gasteiger charge is -2.54. The van der Waals surface area contributed by atoms with Gasteiger partial charge in [-0.1, -0.05) is 55.5 Å². The number of ether oxygens (including phenoxy) is 2. The van der Waals surface area contributed by atoms with Crippen LogP contribution in [0, 0.1) is 5.41 Å². The van der Waals surface area contributed by atoms with Crippen LogP contribution in [0.15, 0.2) is 72.8 Å². The summed E-state index contributed by atoms with van der Waals surface area (Å²) in [6.45, 7) is 4.92. The number of hydrogen-bond acceptors (Lipinski definition) is 5. The van der Waals surface area contributed by atoms with Crippen LogP contribution in [0.25, 0.3) is 0 Å². The van der Waals surface area contributed by atoms with Gasteiger partial charge in [-0.3, -0.25) is 9.69 Å². The molecule has 0 aromatic heterocycles. The van der Waals surface area contributed by atoms with E-state index in [4.69, 9.17) is 9.47 Å². The number of Topliss-reactive ketones (excluding diaryl/α,β-unsaturated/α-hetero) is 1. The van der Waals surface area contributed by atoms with Crippen LogP contribution in [-0.2, 0) is 11.3 Å². The lowest BCUT2D eigenvalue weighted by atomic mass is 9.63. The maximum atomic E-state index is 13.9. The van der Waals surface area contributed by atoms with Crippen LogP contribution in [0.1, 0.15) is 62.6 Å². The van der Waals surface area contributed by atoms with Gasteiger partial charge in [0.2, 0.25) is 0 Å². The first-order valence-corrected chi connectivity index (χ1v) is 12.1. The Morgan fingerprint density at radius 2 is 1.71 bits per heavy atom. The number of carbonyl (C=O) groups is 2. The highest BCUT2D eigenvalue weighted by atomic mass is 16.5. The molecule has 1 saturated heterocycles. The van der Waals surface area contributed by atoms with Crippen molar-refractivity contribution >= 4 is 11.8 Å². The lowest BCUT2D eigenvalue weighted by Crippen LogP contribution is -2.58. The van der Waals surface area contributed by atoms with Gasteiger partial charge in [0, 0.05) is 36.5 Å². The fourth-order valence-electron chi connectivity index (χ4n) is 5.89. The molecule has 2 atom stereocenters. The summed E-state index contributed by atoms with van der Waals surface area (Å²) < 4.78 is 10.3.